The molecule has 0 saturated heterocycles. The molecule has 1 amide bonds. The van der Waals surface area contributed by atoms with E-state index in [-0.39, 0.29) is 18.1 Å². The number of hydrogen-bond acceptors (Lipinski definition) is 4. The van der Waals surface area contributed by atoms with E-state index >= 15 is 0 Å². The fourth-order valence-corrected chi connectivity index (χ4v) is 2.74. The molecular weight excluding hydrogens is 260 g/mol. The lowest BCUT2D eigenvalue weighted by Gasteiger charge is -2.02. The van der Waals surface area contributed by atoms with E-state index in [0.29, 0.717) is 5.13 Å². The lowest BCUT2D eigenvalue weighted by Crippen LogP contribution is -2.14. The Morgan fingerprint density at radius 3 is 2.89 bits per heavy atom. The molecule has 4 nitrogen and oxygen atoms in total. The molecule has 2 rings (SSSR count). The summed E-state index contributed by atoms with van der Waals surface area (Å²) in [4.78, 5) is 17.4. The van der Waals surface area contributed by atoms with Gasteiger partial charge < -0.3 is 10.4 Å². The van der Waals surface area contributed by atoms with Gasteiger partial charge in [-0.15, -0.1) is 11.3 Å². The van der Waals surface area contributed by atoms with E-state index in [0.717, 1.165) is 22.6 Å². The van der Waals surface area contributed by atoms with E-state index < -0.39 is 0 Å². The summed E-state index contributed by atoms with van der Waals surface area (Å²) >= 11 is 1.49. The lowest BCUT2D eigenvalue weighted by molar-refractivity contribution is -0.115. The molecule has 0 spiro atoms. The van der Waals surface area contributed by atoms with Crippen LogP contribution in [-0.4, -0.2) is 16.0 Å². The van der Waals surface area contributed by atoms with Crippen LogP contribution in [0.4, 0.5) is 5.13 Å². The second-order valence-electron chi connectivity index (χ2n) is 4.27. The minimum atomic E-state index is -0.123. The maximum atomic E-state index is 11.9. The van der Waals surface area contributed by atoms with Crippen LogP contribution in [0, 0.1) is 6.92 Å². The first-order valence-corrected chi connectivity index (χ1v) is 6.94. The molecule has 1 aromatic heterocycles. The Hall–Kier alpha value is -1.88. The van der Waals surface area contributed by atoms with Crippen LogP contribution >= 0.6 is 11.3 Å². The summed E-state index contributed by atoms with van der Waals surface area (Å²) in [6.07, 6.45) is 1.10. The molecule has 5 heteroatoms. The minimum absolute atomic E-state index is 0.123. The first-order chi connectivity index (χ1) is 9.08. The Morgan fingerprint density at radius 2 is 2.26 bits per heavy atom. The Kier molecular flexibility index (Phi) is 4.16. The molecule has 0 fully saturated rings. The number of benzene rings is 1. The summed E-state index contributed by atoms with van der Waals surface area (Å²) < 4.78 is 0. The number of aromatic nitrogens is 1. The minimum Gasteiger partial charge on any atom is -0.508 e. The van der Waals surface area contributed by atoms with Crippen LogP contribution in [-0.2, 0) is 17.6 Å². The Bertz CT molecular complexity index is 593. The average molecular weight is 276 g/mol. The molecule has 19 heavy (non-hydrogen) atoms. The second-order valence-corrected chi connectivity index (χ2v) is 5.47. The number of carbonyl (C=O) groups excluding carboxylic acids is 1. The molecule has 0 bridgehead atoms. The molecule has 1 heterocycles. The van der Waals surface area contributed by atoms with Gasteiger partial charge in [-0.2, -0.15) is 0 Å². The fraction of sp³-hybridized carbons (Fsp3) is 0.286. The third kappa shape index (κ3) is 3.54. The number of anilines is 1. The van der Waals surface area contributed by atoms with E-state index in [9.17, 15) is 9.90 Å². The zero-order valence-electron chi connectivity index (χ0n) is 10.9. The van der Waals surface area contributed by atoms with Crippen LogP contribution in [0.1, 0.15) is 23.1 Å². The van der Waals surface area contributed by atoms with Crippen molar-refractivity contribution >= 4 is 22.4 Å². The average Bonchev–Trinajstić information content (AvgIpc) is 2.69. The van der Waals surface area contributed by atoms with Crippen LogP contribution in [0.3, 0.4) is 0 Å². The van der Waals surface area contributed by atoms with Gasteiger partial charge in [0.15, 0.2) is 5.13 Å². The summed E-state index contributed by atoms with van der Waals surface area (Å²) in [5, 5.41) is 12.8. The van der Waals surface area contributed by atoms with Crippen LogP contribution < -0.4 is 5.32 Å². The predicted octanol–water partition coefficient (Wildman–Crippen LogP) is 2.90. The van der Waals surface area contributed by atoms with E-state index in [1.165, 1.54) is 11.3 Å². The number of nitrogens with zero attached hydrogens (tertiary/aromatic N) is 1. The van der Waals surface area contributed by atoms with Crippen molar-refractivity contribution in [3.8, 4) is 5.75 Å². The summed E-state index contributed by atoms with van der Waals surface area (Å²) in [6, 6.07) is 6.70. The quantitative estimate of drug-likeness (QED) is 0.902. The number of hydrogen-bond donors (Lipinski definition) is 2. The molecule has 0 aliphatic heterocycles. The highest BCUT2D eigenvalue weighted by Crippen LogP contribution is 2.22. The highest BCUT2D eigenvalue weighted by Gasteiger charge is 2.10. The van der Waals surface area contributed by atoms with Crippen molar-refractivity contribution in [1.82, 2.24) is 4.98 Å². The van der Waals surface area contributed by atoms with Crippen molar-refractivity contribution in [2.24, 2.45) is 0 Å². The maximum Gasteiger partial charge on any atom is 0.230 e. The van der Waals surface area contributed by atoms with Crippen molar-refractivity contribution in [3.05, 3.63) is 40.4 Å². The van der Waals surface area contributed by atoms with Gasteiger partial charge in [0.05, 0.1) is 12.1 Å². The van der Waals surface area contributed by atoms with E-state index in [4.69, 9.17) is 0 Å². The fourth-order valence-electron chi connectivity index (χ4n) is 1.82. The zero-order valence-corrected chi connectivity index (χ0v) is 11.8. The molecule has 0 atom stereocenters. The summed E-state index contributed by atoms with van der Waals surface area (Å²) in [5.41, 5.74) is 1.80. The van der Waals surface area contributed by atoms with Gasteiger partial charge in [0.25, 0.3) is 0 Å². The van der Waals surface area contributed by atoms with Crippen molar-refractivity contribution in [1.29, 1.82) is 0 Å². The van der Waals surface area contributed by atoms with Gasteiger partial charge >= 0.3 is 0 Å². The second kappa shape index (κ2) is 5.84. The van der Waals surface area contributed by atoms with E-state index in [2.05, 4.69) is 10.3 Å². The van der Waals surface area contributed by atoms with Gasteiger partial charge in [-0.05, 0) is 31.0 Å². The molecule has 2 aromatic rings. The molecule has 100 valence electrons. The monoisotopic (exact) mass is 276 g/mol. The molecule has 2 N–H and O–H groups in total. The number of rotatable bonds is 4. The van der Waals surface area contributed by atoms with Crippen LogP contribution in [0.15, 0.2) is 24.3 Å². The van der Waals surface area contributed by atoms with Crippen LogP contribution in [0.25, 0.3) is 0 Å². The number of aromatic hydroxyl groups is 1. The van der Waals surface area contributed by atoms with Crippen molar-refractivity contribution in [3.63, 3.8) is 0 Å². The molecule has 0 unspecified atom stereocenters. The first-order valence-electron chi connectivity index (χ1n) is 6.12. The number of aryl methyl sites for hydroxylation is 2. The van der Waals surface area contributed by atoms with Gasteiger partial charge in [0.2, 0.25) is 5.91 Å². The van der Waals surface area contributed by atoms with Gasteiger partial charge in [-0.1, -0.05) is 19.1 Å². The van der Waals surface area contributed by atoms with Crippen molar-refractivity contribution < 1.29 is 9.90 Å². The Morgan fingerprint density at radius 1 is 1.47 bits per heavy atom. The van der Waals surface area contributed by atoms with Gasteiger partial charge in [-0.25, -0.2) is 4.98 Å². The highest BCUT2D eigenvalue weighted by molar-refractivity contribution is 7.15. The Balaban J connectivity index is 2.01. The number of amides is 1. The lowest BCUT2D eigenvalue weighted by atomic mass is 10.1. The molecule has 0 saturated carbocycles. The van der Waals surface area contributed by atoms with E-state index in [1.54, 1.807) is 18.2 Å². The molecular formula is C14H16N2O2S. The third-order valence-corrected chi connectivity index (χ3v) is 3.68. The third-order valence-electron chi connectivity index (χ3n) is 2.75. The standard InChI is InChI=1S/C14H16N2O2S/c1-3-12-9(2)19-14(15-12)16-13(18)8-10-5-4-6-11(17)7-10/h4-7,17H,3,8H2,1-2H3,(H,15,16,18). The SMILES string of the molecule is CCc1nc(NC(=O)Cc2cccc(O)c2)sc1C. The smallest absolute Gasteiger partial charge is 0.230 e. The largest absolute Gasteiger partial charge is 0.508 e. The zero-order chi connectivity index (χ0) is 13.8. The molecule has 0 aliphatic carbocycles. The molecule has 0 aliphatic rings. The van der Waals surface area contributed by atoms with Crippen molar-refractivity contribution in [2.75, 3.05) is 5.32 Å². The highest BCUT2D eigenvalue weighted by atomic mass is 32.1. The number of carbonyl (C=O) groups is 1. The summed E-state index contributed by atoms with van der Waals surface area (Å²) in [6.45, 7) is 4.04. The van der Waals surface area contributed by atoms with Crippen LogP contribution in [0.5, 0.6) is 5.75 Å². The Labute approximate surface area is 116 Å². The van der Waals surface area contributed by atoms with Crippen molar-refractivity contribution in [2.45, 2.75) is 26.7 Å². The predicted molar refractivity (Wildman–Crippen MR) is 76.7 cm³/mol. The van der Waals surface area contributed by atoms with Gasteiger partial charge in [-0.3, -0.25) is 4.79 Å². The van der Waals surface area contributed by atoms with Crippen LogP contribution in [0.2, 0.25) is 0 Å². The van der Waals surface area contributed by atoms with Gasteiger partial charge in [0, 0.05) is 4.88 Å². The summed E-state index contributed by atoms with van der Waals surface area (Å²) in [7, 11) is 0. The number of phenols is 1. The first kappa shape index (κ1) is 13.5. The number of thiazole rings is 1. The maximum absolute atomic E-state index is 11.9. The van der Waals surface area contributed by atoms with Gasteiger partial charge in [0.1, 0.15) is 5.75 Å². The van der Waals surface area contributed by atoms with E-state index in [1.807, 2.05) is 19.9 Å². The molecule has 1 aromatic carbocycles. The number of nitrogens with one attached hydrogen (secondary N) is 1. The number of phenolic OH excluding ortho intramolecular Hbond substituents is 1. The molecule has 0 radical (unpaired) electrons. The summed E-state index contributed by atoms with van der Waals surface area (Å²) in [5.74, 6) is 0.0469. The normalized spacial score (nSPS) is 10.4. The topological polar surface area (TPSA) is 62.2 Å².